The van der Waals surface area contributed by atoms with Gasteiger partial charge in [0.25, 0.3) is 5.91 Å². The monoisotopic (exact) mass is 526 g/mol. The molecule has 0 aromatic heterocycles. The third kappa shape index (κ3) is 6.45. The average molecular weight is 527 g/mol. The first kappa shape index (κ1) is 28.6. The highest BCUT2D eigenvalue weighted by atomic mass is 19.4. The summed E-state index contributed by atoms with van der Waals surface area (Å²) in [5.41, 5.74) is 1.79. The third-order valence-corrected chi connectivity index (χ3v) is 6.30. The van der Waals surface area contributed by atoms with E-state index in [1.54, 1.807) is 73.5 Å². The summed E-state index contributed by atoms with van der Waals surface area (Å²) in [5.74, 6) is -1.29. The smallest absolute Gasteiger partial charge is 0.416 e. The molecule has 0 radical (unpaired) electrons. The van der Waals surface area contributed by atoms with Crippen LogP contribution < -0.4 is 14.7 Å². The first-order chi connectivity index (χ1) is 18.0. The highest BCUT2D eigenvalue weighted by Crippen LogP contribution is 2.39. The highest BCUT2D eigenvalue weighted by Gasteiger charge is 2.34. The molecule has 0 N–H and O–H groups in total. The van der Waals surface area contributed by atoms with Crippen LogP contribution in [0.25, 0.3) is 5.32 Å². The minimum atomic E-state index is -4.29. The lowest BCUT2D eigenvalue weighted by molar-refractivity contribution is -0.308. The molecule has 9 heteroatoms. The summed E-state index contributed by atoms with van der Waals surface area (Å²) >= 11 is 0. The topological polar surface area (TPSA) is 83.8 Å². The number of carboxylic acid groups (broad SMARTS) is 1. The predicted molar refractivity (Wildman–Crippen MR) is 138 cm³/mol. The van der Waals surface area contributed by atoms with E-state index in [-0.39, 0.29) is 17.5 Å². The van der Waals surface area contributed by atoms with Crippen molar-refractivity contribution in [2.24, 2.45) is 0 Å². The number of alkyl halides is 3. The number of anilines is 1. The zero-order valence-corrected chi connectivity index (χ0v) is 21.6. The number of ether oxygens (including phenoxy) is 1. The molecule has 1 aliphatic rings. The molecule has 3 aromatic carbocycles. The van der Waals surface area contributed by atoms with Crippen LogP contribution in [0.15, 0.2) is 66.7 Å². The van der Waals surface area contributed by atoms with Crippen LogP contribution in [0.1, 0.15) is 53.2 Å². The number of methoxy groups -OCH3 is 1. The molecule has 4 rings (SSSR count). The zero-order chi connectivity index (χ0) is 28.0. The number of fused-ring (bicyclic) bond motifs is 1. The van der Waals surface area contributed by atoms with Crippen LogP contribution in [-0.4, -0.2) is 31.6 Å². The number of hydrogen-bond acceptors (Lipinski definition) is 4. The Morgan fingerprint density at radius 1 is 1.08 bits per heavy atom. The van der Waals surface area contributed by atoms with Gasteiger partial charge in [0.1, 0.15) is 5.75 Å². The van der Waals surface area contributed by atoms with Gasteiger partial charge in [-0.15, -0.1) is 12.2 Å². The van der Waals surface area contributed by atoms with E-state index in [4.69, 9.17) is 4.74 Å². The molecule has 0 saturated heterocycles. The summed E-state index contributed by atoms with van der Waals surface area (Å²) in [5, 5.41) is 15.4. The third-order valence-electron chi connectivity index (χ3n) is 6.30. The molecule has 3 aromatic rings. The van der Waals surface area contributed by atoms with Crippen molar-refractivity contribution in [1.82, 2.24) is 0 Å². The summed E-state index contributed by atoms with van der Waals surface area (Å²) in [4.78, 5) is 26.1. The standard InChI is InChI=1S/C19H19NO4.C10H11F3N/c1-12-11-16(19(22)23)15-5-3-4-6-17(15)20(12)18(21)13-7-9-14(24-2)10-8-13;1-3-14-8-5-4-7(2)9(6-8)10(11,12)13/h3-10,12,16H,11H2,1-2H3,(H,22,23);4-6H,3H2,1-2H3/q;-1/p-1/t12-,16-;/m0./s1. The maximum absolute atomic E-state index is 13.0. The Morgan fingerprint density at radius 2 is 1.74 bits per heavy atom. The van der Waals surface area contributed by atoms with Gasteiger partial charge < -0.3 is 24.9 Å². The summed E-state index contributed by atoms with van der Waals surface area (Å²) < 4.78 is 42.4. The Bertz CT molecular complexity index is 1280. The molecule has 2 atom stereocenters. The quantitative estimate of drug-likeness (QED) is 0.408. The Morgan fingerprint density at radius 3 is 2.32 bits per heavy atom. The second-order valence-electron chi connectivity index (χ2n) is 8.89. The van der Waals surface area contributed by atoms with E-state index in [1.807, 2.05) is 6.92 Å². The van der Waals surface area contributed by atoms with E-state index in [0.717, 1.165) is 6.07 Å². The number of carboxylic acids is 1. The number of halogens is 3. The van der Waals surface area contributed by atoms with Crippen LogP contribution in [0.3, 0.4) is 0 Å². The van der Waals surface area contributed by atoms with Crippen LogP contribution >= 0.6 is 0 Å². The van der Waals surface area contributed by atoms with Gasteiger partial charge in [0.15, 0.2) is 0 Å². The van der Waals surface area contributed by atoms with Crippen molar-refractivity contribution in [2.45, 2.75) is 45.3 Å². The lowest BCUT2D eigenvalue weighted by Crippen LogP contribution is -2.46. The van der Waals surface area contributed by atoms with E-state index in [9.17, 15) is 27.9 Å². The number of rotatable bonds is 5. The molecule has 6 nitrogen and oxygen atoms in total. The predicted octanol–water partition coefficient (Wildman–Crippen LogP) is 6.01. The van der Waals surface area contributed by atoms with Gasteiger partial charge in [0, 0.05) is 29.2 Å². The fraction of sp³-hybridized carbons (Fsp3) is 0.310. The van der Waals surface area contributed by atoms with E-state index < -0.39 is 23.6 Å². The lowest BCUT2D eigenvalue weighted by atomic mass is 9.85. The number of aryl methyl sites for hydroxylation is 1. The van der Waals surface area contributed by atoms with E-state index >= 15 is 0 Å². The minimum absolute atomic E-state index is 0.158. The maximum atomic E-state index is 13.0. The molecule has 202 valence electrons. The SMILES string of the molecule is CC[N-]c1ccc(C)c(C(F)(F)F)c1.COc1ccc(C(=O)N2c3ccccc3[C@@H](C(=O)[O-])C[C@@H]2C)cc1. The van der Waals surface area contributed by atoms with E-state index in [1.165, 1.54) is 13.0 Å². The molecule has 0 spiro atoms. The first-order valence-electron chi connectivity index (χ1n) is 12.1. The van der Waals surface area contributed by atoms with Crippen LogP contribution in [-0.2, 0) is 11.0 Å². The highest BCUT2D eigenvalue weighted by molar-refractivity contribution is 6.07. The molecule has 1 heterocycles. The zero-order valence-electron chi connectivity index (χ0n) is 21.6. The minimum Gasteiger partial charge on any atom is -0.684 e. The molecule has 0 aliphatic carbocycles. The fourth-order valence-corrected chi connectivity index (χ4v) is 4.41. The van der Waals surface area contributed by atoms with Gasteiger partial charge in [0.2, 0.25) is 0 Å². The molecule has 38 heavy (non-hydrogen) atoms. The molecular weight excluding hydrogens is 497 g/mol. The Labute approximate surface area is 220 Å². The summed E-state index contributed by atoms with van der Waals surface area (Å²) in [7, 11) is 1.57. The van der Waals surface area contributed by atoms with Crippen molar-refractivity contribution in [3.8, 4) is 5.75 Å². The molecule has 0 saturated carbocycles. The first-order valence-corrected chi connectivity index (χ1v) is 12.1. The van der Waals surface area contributed by atoms with Crippen LogP contribution in [0, 0.1) is 6.92 Å². The average Bonchev–Trinajstić information content (AvgIpc) is 2.89. The van der Waals surface area contributed by atoms with Crippen LogP contribution in [0.2, 0.25) is 0 Å². The number of carbonyl (C=O) groups is 2. The van der Waals surface area contributed by atoms with Gasteiger partial charge in [-0.2, -0.15) is 13.2 Å². The van der Waals surface area contributed by atoms with Crippen molar-refractivity contribution in [2.75, 3.05) is 18.6 Å². The molecular formula is C29H29F3N2O4-2. The molecule has 0 bridgehead atoms. The van der Waals surface area contributed by atoms with Gasteiger partial charge in [-0.3, -0.25) is 4.79 Å². The van der Waals surface area contributed by atoms with Crippen molar-refractivity contribution in [3.63, 3.8) is 0 Å². The summed E-state index contributed by atoms with van der Waals surface area (Å²) in [6, 6.07) is 17.9. The Kier molecular flexibility index (Phi) is 9.04. The van der Waals surface area contributed by atoms with Gasteiger partial charge in [0.05, 0.1) is 12.7 Å². The van der Waals surface area contributed by atoms with Crippen molar-refractivity contribution < 1.29 is 32.6 Å². The van der Waals surface area contributed by atoms with Crippen LogP contribution in [0.4, 0.5) is 24.5 Å². The van der Waals surface area contributed by atoms with E-state index in [0.29, 0.717) is 41.2 Å². The van der Waals surface area contributed by atoms with Gasteiger partial charge in [-0.05, 0) is 61.7 Å². The Balaban J connectivity index is 0.000000244. The lowest BCUT2D eigenvalue weighted by Gasteiger charge is -2.39. The number of aliphatic carboxylic acids is 1. The van der Waals surface area contributed by atoms with Gasteiger partial charge >= 0.3 is 6.18 Å². The number of amides is 1. The number of para-hydroxylation sites is 1. The number of hydrogen-bond donors (Lipinski definition) is 0. The second-order valence-corrected chi connectivity index (χ2v) is 8.89. The molecule has 0 fully saturated rings. The molecule has 1 amide bonds. The fourth-order valence-electron chi connectivity index (χ4n) is 4.41. The van der Waals surface area contributed by atoms with E-state index in [2.05, 4.69) is 5.32 Å². The normalized spacial score (nSPS) is 16.6. The van der Waals surface area contributed by atoms with Crippen molar-refractivity contribution >= 4 is 23.3 Å². The maximum Gasteiger partial charge on any atom is 0.416 e. The largest absolute Gasteiger partial charge is 0.684 e. The van der Waals surface area contributed by atoms with Gasteiger partial charge in [-0.1, -0.05) is 43.3 Å². The Hall–Kier alpha value is -4.01. The van der Waals surface area contributed by atoms with Crippen molar-refractivity contribution in [3.05, 3.63) is 94.3 Å². The number of nitrogens with zero attached hydrogens (tertiary/aromatic N) is 2. The molecule has 1 aliphatic heterocycles. The number of benzene rings is 3. The summed E-state index contributed by atoms with van der Waals surface area (Å²) in [6.07, 6.45) is -3.95. The summed E-state index contributed by atoms with van der Waals surface area (Å²) in [6.45, 7) is 5.57. The second kappa shape index (κ2) is 12.0. The molecule has 0 unspecified atom stereocenters. The van der Waals surface area contributed by atoms with Gasteiger partial charge in [-0.25, -0.2) is 0 Å². The van der Waals surface area contributed by atoms with Crippen LogP contribution in [0.5, 0.6) is 5.75 Å². The van der Waals surface area contributed by atoms with Crippen molar-refractivity contribution in [1.29, 1.82) is 0 Å². The number of carbonyl (C=O) groups excluding carboxylic acids is 2.